The zero-order chi connectivity index (χ0) is 37.0. The molecule has 0 radical (unpaired) electrons. The summed E-state index contributed by atoms with van der Waals surface area (Å²) in [6.07, 6.45) is 0. The molecule has 2 aromatic heterocycles. The van der Waals surface area contributed by atoms with Gasteiger partial charge in [0.05, 0.1) is 22.8 Å². The molecule has 9 aromatic rings. The van der Waals surface area contributed by atoms with Crippen LogP contribution in [0.1, 0.15) is 0 Å². The molecule has 0 saturated heterocycles. The van der Waals surface area contributed by atoms with Crippen molar-refractivity contribution >= 4 is 11.6 Å². The lowest BCUT2D eigenvalue weighted by Gasteiger charge is -2.17. The van der Waals surface area contributed by atoms with Gasteiger partial charge in [0.15, 0.2) is 11.6 Å². The zero-order valence-electron chi connectivity index (χ0n) is 29.7. The van der Waals surface area contributed by atoms with Gasteiger partial charge in [0.1, 0.15) is 0 Å². The Kier molecular flexibility index (Phi) is 9.31. The first-order valence-electron chi connectivity index (χ1n) is 18.2. The lowest BCUT2D eigenvalue weighted by atomic mass is 9.89. The second-order valence-electron chi connectivity index (χ2n) is 13.2. The van der Waals surface area contributed by atoms with E-state index in [0.717, 1.165) is 78.4 Å². The molecule has 55 heavy (non-hydrogen) atoms. The summed E-state index contributed by atoms with van der Waals surface area (Å²) in [5.41, 5.74) is 13.4. The van der Waals surface area contributed by atoms with Gasteiger partial charge in [-0.3, -0.25) is 0 Å². The highest BCUT2D eigenvalue weighted by Crippen LogP contribution is 2.41. The quantitative estimate of drug-likeness (QED) is 0.157. The Morgan fingerprint density at radius 1 is 0.255 bits per heavy atom. The second kappa shape index (κ2) is 15.2. The Morgan fingerprint density at radius 3 is 1.24 bits per heavy atom. The molecular formula is C50H33ClN4. The van der Waals surface area contributed by atoms with Gasteiger partial charge in [-0.25, -0.2) is 19.9 Å². The van der Waals surface area contributed by atoms with Crippen LogP contribution in [-0.2, 0) is 0 Å². The fourth-order valence-corrected chi connectivity index (χ4v) is 7.08. The third-order valence-corrected chi connectivity index (χ3v) is 9.83. The Hall–Kier alpha value is -7.01. The van der Waals surface area contributed by atoms with E-state index in [1.165, 1.54) is 0 Å². The van der Waals surface area contributed by atoms with E-state index in [0.29, 0.717) is 16.7 Å². The van der Waals surface area contributed by atoms with Gasteiger partial charge in [0, 0.05) is 38.4 Å². The second-order valence-corrected chi connectivity index (χ2v) is 13.6. The predicted molar refractivity (Wildman–Crippen MR) is 226 cm³/mol. The summed E-state index contributed by atoms with van der Waals surface area (Å²) in [5, 5.41) is 0.651. The highest BCUT2D eigenvalue weighted by atomic mass is 35.5. The lowest BCUT2D eigenvalue weighted by molar-refractivity contribution is 1.18. The molecular weight excluding hydrogens is 692 g/mol. The van der Waals surface area contributed by atoms with Crippen molar-refractivity contribution in [1.82, 2.24) is 19.9 Å². The zero-order valence-corrected chi connectivity index (χ0v) is 30.5. The molecule has 0 atom stereocenters. The smallest absolute Gasteiger partial charge is 0.160 e. The first kappa shape index (κ1) is 33.8. The monoisotopic (exact) mass is 724 g/mol. The van der Waals surface area contributed by atoms with Crippen LogP contribution >= 0.6 is 11.6 Å². The van der Waals surface area contributed by atoms with Crippen LogP contribution in [0.5, 0.6) is 0 Å². The number of rotatable bonds is 8. The van der Waals surface area contributed by atoms with Gasteiger partial charge in [0.25, 0.3) is 0 Å². The van der Waals surface area contributed by atoms with Crippen molar-refractivity contribution in [3.05, 3.63) is 205 Å². The number of benzene rings is 7. The van der Waals surface area contributed by atoms with Crippen LogP contribution in [0.4, 0.5) is 0 Å². The van der Waals surface area contributed by atoms with Gasteiger partial charge in [0.2, 0.25) is 0 Å². The third-order valence-electron chi connectivity index (χ3n) is 9.60. The number of hydrogen-bond donors (Lipinski definition) is 0. The maximum atomic E-state index is 6.80. The number of hydrogen-bond acceptors (Lipinski definition) is 4. The van der Waals surface area contributed by atoms with Crippen LogP contribution in [-0.4, -0.2) is 19.9 Å². The van der Waals surface area contributed by atoms with Crippen molar-refractivity contribution in [2.75, 3.05) is 0 Å². The molecule has 0 fully saturated rings. The summed E-state index contributed by atoms with van der Waals surface area (Å²) in [4.78, 5) is 20.3. The molecule has 0 aliphatic carbocycles. The van der Waals surface area contributed by atoms with E-state index < -0.39 is 0 Å². The third kappa shape index (κ3) is 7.19. The van der Waals surface area contributed by atoms with Gasteiger partial charge in [-0.1, -0.05) is 181 Å². The van der Waals surface area contributed by atoms with Crippen LogP contribution < -0.4 is 0 Å². The van der Waals surface area contributed by atoms with E-state index in [1.807, 2.05) is 109 Å². The van der Waals surface area contributed by atoms with Crippen molar-refractivity contribution < 1.29 is 0 Å². The maximum Gasteiger partial charge on any atom is 0.160 e. The van der Waals surface area contributed by atoms with Gasteiger partial charge in [-0.15, -0.1) is 0 Å². The summed E-state index contributed by atoms with van der Waals surface area (Å²) in [5.74, 6) is 1.35. The van der Waals surface area contributed by atoms with Crippen molar-refractivity contribution in [1.29, 1.82) is 0 Å². The van der Waals surface area contributed by atoms with Crippen LogP contribution in [0, 0.1) is 0 Å². The largest absolute Gasteiger partial charge is 0.228 e. The molecule has 0 aliphatic rings. The molecule has 0 bridgehead atoms. The summed E-state index contributed by atoms with van der Waals surface area (Å²) < 4.78 is 0. The first-order chi connectivity index (χ1) is 27.2. The topological polar surface area (TPSA) is 51.6 Å². The minimum atomic E-state index is 0.651. The lowest BCUT2D eigenvalue weighted by Crippen LogP contribution is -1.97. The van der Waals surface area contributed by atoms with Crippen molar-refractivity contribution in [2.45, 2.75) is 0 Å². The van der Waals surface area contributed by atoms with E-state index in [9.17, 15) is 0 Å². The Bertz CT molecular complexity index is 2640. The van der Waals surface area contributed by atoms with Crippen molar-refractivity contribution in [2.24, 2.45) is 0 Å². The molecule has 5 heteroatoms. The Labute approximate surface area is 325 Å². The summed E-state index contributed by atoms with van der Waals surface area (Å²) >= 11 is 6.80. The molecule has 0 spiro atoms. The van der Waals surface area contributed by atoms with Gasteiger partial charge in [-0.2, -0.15) is 0 Å². The standard InChI is InChI=1S/C50H33ClN4/c51-40-28-29-41(38-24-15-25-39(30-38)47-32-45(34-16-5-1-6-17-34)52-49(54-47)36-20-9-3-10-21-36)44(31-40)42-26-13-14-27-43(42)48-33-46(35-18-7-2-8-19-35)53-50(55-48)37-22-11-4-12-23-37/h1-33H. The van der Waals surface area contributed by atoms with Gasteiger partial charge >= 0.3 is 0 Å². The Morgan fingerprint density at radius 2 is 0.673 bits per heavy atom. The van der Waals surface area contributed by atoms with E-state index in [1.54, 1.807) is 0 Å². The highest BCUT2D eigenvalue weighted by molar-refractivity contribution is 6.31. The molecule has 0 N–H and O–H groups in total. The summed E-state index contributed by atoms with van der Waals surface area (Å²) in [7, 11) is 0. The first-order valence-corrected chi connectivity index (χ1v) is 18.5. The van der Waals surface area contributed by atoms with Gasteiger partial charge in [-0.05, 0) is 52.6 Å². The Balaban J connectivity index is 1.18. The SMILES string of the molecule is Clc1ccc(-c2cccc(-c3cc(-c4ccccc4)nc(-c4ccccc4)n3)c2)c(-c2ccccc2-c2cc(-c3ccccc3)nc(-c3ccccc3)n2)c1. The molecule has 9 rings (SSSR count). The van der Waals surface area contributed by atoms with Crippen LogP contribution in [0.2, 0.25) is 5.02 Å². The van der Waals surface area contributed by atoms with Crippen LogP contribution in [0.25, 0.3) is 90.1 Å². The summed E-state index contributed by atoms with van der Waals surface area (Å²) in [6, 6.07) is 67.9. The molecule has 4 nitrogen and oxygen atoms in total. The average Bonchev–Trinajstić information content (AvgIpc) is 3.27. The predicted octanol–water partition coefficient (Wildman–Crippen LogP) is 13.3. The molecule has 0 unspecified atom stereocenters. The summed E-state index contributed by atoms with van der Waals surface area (Å²) in [6.45, 7) is 0. The minimum absolute atomic E-state index is 0.651. The van der Waals surface area contributed by atoms with Crippen molar-refractivity contribution in [3.8, 4) is 90.1 Å². The van der Waals surface area contributed by atoms with Crippen LogP contribution in [0.3, 0.4) is 0 Å². The van der Waals surface area contributed by atoms with E-state index in [4.69, 9.17) is 31.5 Å². The molecule has 7 aromatic carbocycles. The fraction of sp³-hybridized carbons (Fsp3) is 0. The van der Waals surface area contributed by atoms with Crippen molar-refractivity contribution in [3.63, 3.8) is 0 Å². The normalized spacial score (nSPS) is 11.0. The average molecular weight is 725 g/mol. The minimum Gasteiger partial charge on any atom is -0.228 e. The fourth-order valence-electron chi connectivity index (χ4n) is 6.91. The number of aromatic nitrogens is 4. The molecule has 0 saturated carbocycles. The number of nitrogens with zero attached hydrogens (tertiary/aromatic N) is 4. The van der Waals surface area contributed by atoms with E-state index in [-0.39, 0.29) is 0 Å². The molecule has 0 aliphatic heterocycles. The van der Waals surface area contributed by atoms with E-state index >= 15 is 0 Å². The molecule has 0 amide bonds. The number of halogens is 1. The maximum absolute atomic E-state index is 6.80. The molecule has 260 valence electrons. The van der Waals surface area contributed by atoms with Crippen LogP contribution in [0.15, 0.2) is 200 Å². The van der Waals surface area contributed by atoms with E-state index in [2.05, 4.69) is 91.0 Å². The molecule has 2 heterocycles. The van der Waals surface area contributed by atoms with Gasteiger partial charge < -0.3 is 0 Å². The highest BCUT2D eigenvalue weighted by Gasteiger charge is 2.18.